The summed E-state index contributed by atoms with van der Waals surface area (Å²) in [5, 5.41) is 5.85. The van der Waals surface area contributed by atoms with Gasteiger partial charge in [0.1, 0.15) is 5.82 Å². The SMILES string of the molecule is CCNC(=NCc1ccc(NC(=O)OC)cc1)N(C)Cc1cccc(F)c1. The van der Waals surface area contributed by atoms with Crippen LogP contribution in [0.4, 0.5) is 14.9 Å². The van der Waals surface area contributed by atoms with Crippen LogP contribution in [0, 0.1) is 5.82 Å². The van der Waals surface area contributed by atoms with E-state index in [1.165, 1.54) is 19.2 Å². The maximum Gasteiger partial charge on any atom is 0.411 e. The minimum absolute atomic E-state index is 0.247. The van der Waals surface area contributed by atoms with Crippen molar-refractivity contribution in [3.05, 3.63) is 65.5 Å². The van der Waals surface area contributed by atoms with Gasteiger partial charge in [0.15, 0.2) is 5.96 Å². The van der Waals surface area contributed by atoms with Crippen LogP contribution < -0.4 is 10.6 Å². The molecule has 2 aromatic rings. The van der Waals surface area contributed by atoms with Crippen LogP contribution >= 0.6 is 0 Å². The number of benzene rings is 2. The third-order valence-electron chi connectivity index (χ3n) is 3.80. The Morgan fingerprint density at radius 2 is 1.93 bits per heavy atom. The number of anilines is 1. The molecule has 0 spiro atoms. The fourth-order valence-electron chi connectivity index (χ4n) is 2.48. The smallest absolute Gasteiger partial charge is 0.411 e. The molecule has 0 heterocycles. The van der Waals surface area contributed by atoms with E-state index in [2.05, 4.69) is 20.4 Å². The lowest BCUT2D eigenvalue weighted by atomic mass is 10.2. The molecule has 0 aliphatic carbocycles. The molecule has 0 unspecified atom stereocenters. The monoisotopic (exact) mass is 372 g/mol. The lowest BCUT2D eigenvalue weighted by molar-refractivity contribution is 0.187. The Labute approximate surface area is 159 Å². The minimum Gasteiger partial charge on any atom is -0.453 e. The lowest BCUT2D eigenvalue weighted by Crippen LogP contribution is -2.38. The molecule has 6 nitrogen and oxygen atoms in total. The second kappa shape index (κ2) is 10.2. The molecule has 0 aliphatic rings. The number of carbonyl (C=O) groups is 1. The van der Waals surface area contributed by atoms with Gasteiger partial charge in [0, 0.05) is 25.8 Å². The third kappa shape index (κ3) is 6.62. The molecule has 2 rings (SSSR count). The second-order valence-electron chi connectivity index (χ2n) is 5.97. The molecule has 2 aromatic carbocycles. The molecule has 144 valence electrons. The largest absolute Gasteiger partial charge is 0.453 e. The molecule has 0 radical (unpaired) electrons. The maximum atomic E-state index is 13.4. The van der Waals surface area contributed by atoms with E-state index in [0.29, 0.717) is 18.8 Å². The van der Waals surface area contributed by atoms with E-state index in [-0.39, 0.29) is 5.82 Å². The van der Waals surface area contributed by atoms with E-state index in [1.54, 1.807) is 18.2 Å². The highest BCUT2D eigenvalue weighted by Crippen LogP contribution is 2.11. The fraction of sp³-hybridized carbons (Fsp3) is 0.300. The molecule has 0 aromatic heterocycles. The van der Waals surface area contributed by atoms with Gasteiger partial charge >= 0.3 is 6.09 Å². The Kier molecular flexibility index (Phi) is 7.61. The lowest BCUT2D eigenvalue weighted by Gasteiger charge is -2.22. The summed E-state index contributed by atoms with van der Waals surface area (Å²) in [6.07, 6.45) is -0.505. The van der Waals surface area contributed by atoms with Crippen molar-refractivity contribution >= 4 is 17.7 Å². The van der Waals surface area contributed by atoms with E-state index in [4.69, 9.17) is 0 Å². The van der Waals surface area contributed by atoms with Crippen LogP contribution in [0.5, 0.6) is 0 Å². The summed E-state index contributed by atoms with van der Waals surface area (Å²) < 4.78 is 17.9. The Balaban J connectivity index is 2.02. The summed E-state index contributed by atoms with van der Waals surface area (Å²) in [7, 11) is 3.23. The van der Waals surface area contributed by atoms with E-state index < -0.39 is 6.09 Å². The Morgan fingerprint density at radius 3 is 2.56 bits per heavy atom. The molecular weight excluding hydrogens is 347 g/mol. The number of amides is 1. The van der Waals surface area contributed by atoms with Crippen molar-refractivity contribution in [2.45, 2.75) is 20.0 Å². The van der Waals surface area contributed by atoms with E-state index in [0.717, 1.165) is 23.6 Å². The number of rotatable bonds is 6. The van der Waals surface area contributed by atoms with E-state index >= 15 is 0 Å². The number of carbonyl (C=O) groups excluding carboxylic acids is 1. The van der Waals surface area contributed by atoms with Gasteiger partial charge in [-0.2, -0.15) is 0 Å². The highest BCUT2D eigenvalue weighted by molar-refractivity contribution is 5.84. The molecule has 0 atom stereocenters. The predicted octanol–water partition coefficient (Wildman–Crippen LogP) is 3.60. The first kappa shape index (κ1) is 20.2. The average Bonchev–Trinajstić information content (AvgIpc) is 2.66. The van der Waals surface area contributed by atoms with Gasteiger partial charge in [-0.05, 0) is 42.3 Å². The normalized spacial score (nSPS) is 11.0. The summed E-state index contributed by atoms with van der Waals surface area (Å²) in [4.78, 5) is 17.8. The number of halogens is 1. The van der Waals surface area contributed by atoms with Gasteiger partial charge in [-0.15, -0.1) is 0 Å². The highest BCUT2D eigenvalue weighted by Gasteiger charge is 2.07. The van der Waals surface area contributed by atoms with Gasteiger partial charge in [0.05, 0.1) is 13.7 Å². The molecule has 0 bridgehead atoms. The minimum atomic E-state index is -0.505. The molecule has 0 saturated heterocycles. The summed E-state index contributed by atoms with van der Waals surface area (Å²) in [6, 6.07) is 13.9. The van der Waals surface area contributed by atoms with Gasteiger partial charge in [0.25, 0.3) is 0 Å². The van der Waals surface area contributed by atoms with Crippen molar-refractivity contribution in [3.8, 4) is 0 Å². The molecule has 0 aliphatic heterocycles. The molecular formula is C20H25FN4O2. The number of hydrogen-bond donors (Lipinski definition) is 2. The van der Waals surface area contributed by atoms with Crippen LogP contribution in [0.25, 0.3) is 0 Å². The zero-order valence-electron chi connectivity index (χ0n) is 15.8. The molecule has 0 fully saturated rings. The van der Waals surface area contributed by atoms with Crippen LogP contribution in [-0.2, 0) is 17.8 Å². The number of ether oxygens (including phenoxy) is 1. The molecule has 7 heteroatoms. The zero-order chi connectivity index (χ0) is 19.6. The van der Waals surface area contributed by atoms with Crippen LogP contribution in [0.15, 0.2) is 53.5 Å². The van der Waals surface area contributed by atoms with Gasteiger partial charge in [-0.3, -0.25) is 5.32 Å². The number of methoxy groups -OCH3 is 1. The van der Waals surface area contributed by atoms with Gasteiger partial charge in [-0.25, -0.2) is 14.2 Å². The van der Waals surface area contributed by atoms with Crippen molar-refractivity contribution in [1.82, 2.24) is 10.2 Å². The van der Waals surface area contributed by atoms with Crippen molar-refractivity contribution in [2.24, 2.45) is 4.99 Å². The van der Waals surface area contributed by atoms with Crippen molar-refractivity contribution in [2.75, 3.05) is 26.0 Å². The first-order chi connectivity index (χ1) is 13.0. The van der Waals surface area contributed by atoms with Crippen LogP contribution in [0.3, 0.4) is 0 Å². The number of hydrogen-bond acceptors (Lipinski definition) is 3. The van der Waals surface area contributed by atoms with Gasteiger partial charge in [0.2, 0.25) is 0 Å². The Morgan fingerprint density at radius 1 is 1.19 bits per heavy atom. The molecule has 2 N–H and O–H groups in total. The van der Waals surface area contributed by atoms with Gasteiger partial charge < -0.3 is 15.0 Å². The highest BCUT2D eigenvalue weighted by atomic mass is 19.1. The topological polar surface area (TPSA) is 66.0 Å². The quantitative estimate of drug-likeness (QED) is 0.601. The van der Waals surface area contributed by atoms with Crippen molar-refractivity contribution < 1.29 is 13.9 Å². The Bertz CT molecular complexity index is 778. The zero-order valence-corrected chi connectivity index (χ0v) is 15.8. The first-order valence-corrected chi connectivity index (χ1v) is 8.69. The van der Waals surface area contributed by atoms with Gasteiger partial charge in [-0.1, -0.05) is 24.3 Å². The first-order valence-electron chi connectivity index (χ1n) is 8.69. The van der Waals surface area contributed by atoms with Crippen molar-refractivity contribution in [3.63, 3.8) is 0 Å². The summed E-state index contributed by atoms with van der Waals surface area (Å²) in [6.45, 7) is 3.76. The van der Waals surface area contributed by atoms with Crippen LogP contribution in [-0.4, -0.2) is 37.7 Å². The number of aliphatic imine (C=N–C) groups is 1. The summed E-state index contributed by atoms with van der Waals surface area (Å²) in [5.74, 6) is 0.488. The fourth-order valence-corrected chi connectivity index (χ4v) is 2.48. The third-order valence-corrected chi connectivity index (χ3v) is 3.80. The maximum absolute atomic E-state index is 13.4. The number of guanidine groups is 1. The van der Waals surface area contributed by atoms with E-state index in [9.17, 15) is 9.18 Å². The van der Waals surface area contributed by atoms with Crippen molar-refractivity contribution in [1.29, 1.82) is 0 Å². The van der Waals surface area contributed by atoms with Crippen LogP contribution in [0.2, 0.25) is 0 Å². The summed E-state index contributed by atoms with van der Waals surface area (Å²) in [5.41, 5.74) is 2.53. The summed E-state index contributed by atoms with van der Waals surface area (Å²) >= 11 is 0. The number of nitrogens with one attached hydrogen (secondary N) is 2. The predicted molar refractivity (Wildman–Crippen MR) is 105 cm³/mol. The van der Waals surface area contributed by atoms with Crippen LogP contribution in [0.1, 0.15) is 18.1 Å². The van der Waals surface area contributed by atoms with E-state index in [1.807, 2.05) is 37.1 Å². The average molecular weight is 372 g/mol. The molecule has 1 amide bonds. The second-order valence-corrected chi connectivity index (χ2v) is 5.97. The molecule has 27 heavy (non-hydrogen) atoms. The Hall–Kier alpha value is -3.09. The number of nitrogens with zero attached hydrogens (tertiary/aromatic N) is 2. The standard InChI is InChI=1S/C20H25FN4O2/c1-4-22-19(25(2)14-16-6-5-7-17(21)12-16)23-13-15-8-10-18(11-9-15)24-20(26)27-3/h5-12H,4,13-14H2,1-3H3,(H,22,23)(H,24,26). The molecule has 0 saturated carbocycles.